The van der Waals surface area contributed by atoms with Gasteiger partial charge in [0, 0.05) is 24.7 Å². The molecule has 16 heavy (non-hydrogen) atoms. The first-order chi connectivity index (χ1) is 7.83. The summed E-state index contributed by atoms with van der Waals surface area (Å²) in [6.45, 7) is 1.95. The summed E-state index contributed by atoms with van der Waals surface area (Å²) >= 11 is 0. The number of nitriles is 1. The van der Waals surface area contributed by atoms with Crippen LogP contribution in [0.5, 0.6) is 5.75 Å². The summed E-state index contributed by atoms with van der Waals surface area (Å²) in [7, 11) is 1.67. The van der Waals surface area contributed by atoms with E-state index in [0.717, 1.165) is 31.7 Å². The van der Waals surface area contributed by atoms with Crippen LogP contribution in [0.2, 0.25) is 0 Å². The second kappa shape index (κ2) is 4.89. The van der Waals surface area contributed by atoms with Gasteiger partial charge in [-0.2, -0.15) is 5.26 Å². The summed E-state index contributed by atoms with van der Waals surface area (Å²) in [4.78, 5) is 2.33. The van der Waals surface area contributed by atoms with Gasteiger partial charge in [0.1, 0.15) is 5.75 Å². The molecule has 0 unspecified atom stereocenters. The molecular weight excluding hydrogens is 200 g/mol. The summed E-state index contributed by atoms with van der Waals surface area (Å²) in [5, 5.41) is 8.83. The lowest BCUT2D eigenvalue weighted by molar-refractivity contribution is 0.414. The Hall–Kier alpha value is -1.69. The van der Waals surface area contributed by atoms with Gasteiger partial charge in [0.15, 0.2) is 0 Å². The standard InChI is InChI=1S/C13H16N2O/c1-16-13-4-2-12(3-5-13)15-8-6-11(10-14)7-9-15/h2-5,11H,6-9H2,1H3. The Morgan fingerprint density at radius 1 is 1.25 bits per heavy atom. The summed E-state index contributed by atoms with van der Waals surface area (Å²) in [6.07, 6.45) is 1.95. The van der Waals surface area contributed by atoms with E-state index in [-0.39, 0.29) is 5.92 Å². The zero-order valence-electron chi connectivity index (χ0n) is 9.52. The monoisotopic (exact) mass is 216 g/mol. The molecule has 0 radical (unpaired) electrons. The van der Waals surface area contributed by atoms with Crippen molar-refractivity contribution in [2.75, 3.05) is 25.1 Å². The smallest absolute Gasteiger partial charge is 0.119 e. The lowest BCUT2D eigenvalue weighted by Crippen LogP contribution is -2.33. The van der Waals surface area contributed by atoms with Gasteiger partial charge in [-0.1, -0.05) is 0 Å². The fourth-order valence-electron chi connectivity index (χ4n) is 2.06. The third-order valence-electron chi connectivity index (χ3n) is 3.12. The molecular formula is C13H16N2O. The van der Waals surface area contributed by atoms with Crippen LogP contribution in [-0.2, 0) is 0 Å². The van der Waals surface area contributed by atoms with E-state index in [4.69, 9.17) is 10.00 Å². The molecule has 0 amide bonds. The van der Waals surface area contributed by atoms with Gasteiger partial charge in [0.05, 0.1) is 13.2 Å². The average molecular weight is 216 g/mol. The highest BCUT2D eigenvalue weighted by Gasteiger charge is 2.18. The third-order valence-corrected chi connectivity index (χ3v) is 3.12. The number of methoxy groups -OCH3 is 1. The van der Waals surface area contributed by atoms with Crippen molar-refractivity contribution >= 4 is 5.69 Å². The molecule has 0 saturated carbocycles. The molecule has 2 rings (SSSR count). The first-order valence-electron chi connectivity index (χ1n) is 5.62. The highest BCUT2D eigenvalue weighted by Crippen LogP contribution is 2.24. The van der Waals surface area contributed by atoms with Crippen LogP contribution in [0.4, 0.5) is 5.69 Å². The Kier molecular flexibility index (Phi) is 3.31. The number of hydrogen-bond acceptors (Lipinski definition) is 3. The maximum Gasteiger partial charge on any atom is 0.119 e. The van der Waals surface area contributed by atoms with Crippen LogP contribution in [0.25, 0.3) is 0 Å². The number of benzene rings is 1. The van der Waals surface area contributed by atoms with E-state index >= 15 is 0 Å². The van der Waals surface area contributed by atoms with Gasteiger partial charge in [-0.25, -0.2) is 0 Å². The number of ether oxygens (including phenoxy) is 1. The molecule has 3 heteroatoms. The van der Waals surface area contributed by atoms with E-state index in [1.807, 2.05) is 12.1 Å². The molecule has 1 heterocycles. The molecule has 1 saturated heterocycles. The van der Waals surface area contributed by atoms with Crippen molar-refractivity contribution in [2.45, 2.75) is 12.8 Å². The highest BCUT2D eigenvalue weighted by molar-refractivity contribution is 5.49. The predicted octanol–water partition coefficient (Wildman–Crippen LogP) is 2.44. The van der Waals surface area contributed by atoms with Crippen LogP contribution in [0.15, 0.2) is 24.3 Å². The lowest BCUT2D eigenvalue weighted by Gasteiger charge is -2.31. The summed E-state index contributed by atoms with van der Waals surface area (Å²) < 4.78 is 5.13. The van der Waals surface area contributed by atoms with Crippen molar-refractivity contribution in [1.29, 1.82) is 5.26 Å². The summed E-state index contributed by atoms with van der Waals surface area (Å²) in [6, 6.07) is 10.5. The van der Waals surface area contributed by atoms with Crippen LogP contribution in [0, 0.1) is 17.2 Å². The molecule has 0 bridgehead atoms. The quantitative estimate of drug-likeness (QED) is 0.761. The van der Waals surface area contributed by atoms with Crippen LogP contribution >= 0.6 is 0 Å². The van der Waals surface area contributed by atoms with E-state index in [1.165, 1.54) is 5.69 Å². The Morgan fingerprint density at radius 3 is 2.38 bits per heavy atom. The number of hydrogen-bond donors (Lipinski definition) is 0. The largest absolute Gasteiger partial charge is 0.497 e. The van der Waals surface area contributed by atoms with Crippen molar-refractivity contribution in [2.24, 2.45) is 5.92 Å². The normalized spacial score (nSPS) is 16.9. The molecule has 1 fully saturated rings. The fourth-order valence-corrected chi connectivity index (χ4v) is 2.06. The van der Waals surface area contributed by atoms with E-state index in [1.54, 1.807) is 7.11 Å². The van der Waals surface area contributed by atoms with Gasteiger partial charge in [0.25, 0.3) is 0 Å². The molecule has 0 atom stereocenters. The minimum Gasteiger partial charge on any atom is -0.497 e. The number of nitrogens with zero attached hydrogens (tertiary/aromatic N) is 2. The Labute approximate surface area is 96.2 Å². The maximum absolute atomic E-state index is 8.83. The second-order valence-electron chi connectivity index (χ2n) is 4.09. The van der Waals surface area contributed by atoms with E-state index in [9.17, 15) is 0 Å². The zero-order chi connectivity index (χ0) is 11.4. The van der Waals surface area contributed by atoms with Gasteiger partial charge < -0.3 is 9.64 Å². The predicted molar refractivity (Wildman–Crippen MR) is 63.5 cm³/mol. The van der Waals surface area contributed by atoms with Crippen LogP contribution < -0.4 is 9.64 Å². The molecule has 1 aromatic rings. The molecule has 1 aromatic carbocycles. The Morgan fingerprint density at radius 2 is 1.88 bits per heavy atom. The van der Waals surface area contributed by atoms with Gasteiger partial charge in [0.2, 0.25) is 0 Å². The molecule has 0 N–H and O–H groups in total. The van der Waals surface area contributed by atoms with Gasteiger partial charge in [-0.3, -0.25) is 0 Å². The Bertz CT molecular complexity index is 372. The zero-order valence-corrected chi connectivity index (χ0v) is 9.52. The average Bonchev–Trinajstić information content (AvgIpc) is 2.39. The molecule has 0 spiro atoms. The molecule has 84 valence electrons. The second-order valence-corrected chi connectivity index (χ2v) is 4.09. The number of rotatable bonds is 2. The van der Waals surface area contributed by atoms with Crippen molar-refractivity contribution in [3.63, 3.8) is 0 Å². The van der Waals surface area contributed by atoms with E-state index in [0.29, 0.717) is 0 Å². The van der Waals surface area contributed by atoms with Crippen LogP contribution in [0.1, 0.15) is 12.8 Å². The molecule has 3 nitrogen and oxygen atoms in total. The first kappa shape index (κ1) is 10.8. The van der Waals surface area contributed by atoms with Gasteiger partial charge in [-0.05, 0) is 37.1 Å². The molecule has 0 aromatic heterocycles. The Balaban J connectivity index is 2.00. The molecule has 1 aliphatic rings. The summed E-state index contributed by atoms with van der Waals surface area (Å²) in [5.41, 5.74) is 1.22. The highest BCUT2D eigenvalue weighted by atomic mass is 16.5. The third kappa shape index (κ3) is 2.27. The maximum atomic E-state index is 8.83. The van der Waals surface area contributed by atoms with E-state index in [2.05, 4.69) is 23.1 Å². The first-order valence-corrected chi connectivity index (χ1v) is 5.62. The van der Waals surface area contributed by atoms with Crippen LogP contribution in [-0.4, -0.2) is 20.2 Å². The van der Waals surface area contributed by atoms with Crippen molar-refractivity contribution in [3.8, 4) is 11.8 Å². The lowest BCUT2D eigenvalue weighted by atomic mass is 9.98. The SMILES string of the molecule is COc1ccc(N2CCC(C#N)CC2)cc1. The molecule has 1 aliphatic heterocycles. The minimum absolute atomic E-state index is 0.245. The van der Waals surface area contributed by atoms with Gasteiger partial charge in [-0.15, -0.1) is 0 Å². The van der Waals surface area contributed by atoms with E-state index < -0.39 is 0 Å². The van der Waals surface area contributed by atoms with Gasteiger partial charge >= 0.3 is 0 Å². The number of piperidine rings is 1. The van der Waals surface area contributed by atoms with Crippen molar-refractivity contribution in [3.05, 3.63) is 24.3 Å². The molecule has 0 aliphatic carbocycles. The summed E-state index contributed by atoms with van der Waals surface area (Å²) in [5.74, 6) is 1.13. The topological polar surface area (TPSA) is 36.3 Å². The van der Waals surface area contributed by atoms with Crippen LogP contribution in [0.3, 0.4) is 0 Å². The van der Waals surface area contributed by atoms with Crippen molar-refractivity contribution < 1.29 is 4.74 Å². The number of anilines is 1. The van der Waals surface area contributed by atoms with Crippen molar-refractivity contribution in [1.82, 2.24) is 0 Å². The fraction of sp³-hybridized carbons (Fsp3) is 0.462. The minimum atomic E-state index is 0.245.